The summed E-state index contributed by atoms with van der Waals surface area (Å²) >= 11 is 0. The van der Waals surface area contributed by atoms with Crippen LogP contribution in [-0.4, -0.2) is 11.6 Å². The number of benzene rings is 2. The quantitative estimate of drug-likeness (QED) is 0.352. The first-order valence-electron chi connectivity index (χ1n) is 11.8. The van der Waals surface area contributed by atoms with Gasteiger partial charge in [-0.05, 0) is 92.0 Å². The second-order valence-electron chi connectivity index (χ2n) is 10.3. The lowest BCUT2D eigenvalue weighted by Crippen LogP contribution is -2.40. The van der Waals surface area contributed by atoms with E-state index >= 15 is 0 Å². The van der Waals surface area contributed by atoms with Crippen LogP contribution in [0.3, 0.4) is 0 Å². The van der Waals surface area contributed by atoms with E-state index in [1.807, 2.05) is 13.8 Å². The highest BCUT2D eigenvalue weighted by molar-refractivity contribution is 5.91. The first kappa shape index (κ1) is 22.3. The van der Waals surface area contributed by atoms with Gasteiger partial charge < -0.3 is 9.47 Å². The van der Waals surface area contributed by atoms with Gasteiger partial charge >= 0.3 is 12.1 Å². The molecule has 3 fully saturated rings. The summed E-state index contributed by atoms with van der Waals surface area (Å²) in [4.78, 5) is 12.7. The minimum Gasteiger partial charge on any atom is -0.486 e. The number of hydrogen-bond donors (Lipinski definition) is 0. The van der Waals surface area contributed by atoms with Gasteiger partial charge in [0.1, 0.15) is 17.1 Å². The monoisotopic (exact) mass is 458 g/mol. The number of ether oxygens (including phenoxy) is 2. The van der Waals surface area contributed by atoms with Crippen molar-refractivity contribution < 1.29 is 27.4 Å². The highest BCUT2D eigenvalue weighted by Gasteiger charge is 2.59. The number of alkyl halides is 3. The van der Waals surface area contributed by atoms with Gasteiger partial charge in [-0.2, -0.15) is 13.2 Å². The van der Waals surface area contributed by atoms with Crippen molar-refractivity contribution in [2.75, 3.05) is 0 Å². The zero-order valence-corrected chi connectivity index (χ0v) is 18.9. The van der Waals surface area contributed by atoms with Gasteiger partial charge in [-0.3, -0.25) is 0 Å². The molecule has 4 unspecified atom stereocenters. The number of halogens is 3. The maximum atomic E-state index is 13.9. The maximum absolute atomic E-state index is 13.9. The molecule has 0 saturated heterocycles. The molecule has 0 aromatic heterocycles. The molecule has 2 aromatic rings. The molecule has 0 heterocycles. The molecule has 2 aromatic carbocycles. The van der Waals surface area contributed by atoms with Crippen molar-refractivity contribution in [2.24, 2.45) is 29.6 Å². The van der Waals surface area contributed by atoms with Crippen LogP contribution in [0.4, 0.5) is 13.2 Å². The third kappa shape index (κ3) is 4.02. The molecular formula is C27H29F3O3. The number of hydrogen-bond acceptors (Lipinski definition) is 3. The Hall–Kier alpha value is -2.50. The van der Waals surface area contributed by atoms with E-state index < -0.39 is 23.3 Å². The molecule has 176 valence electrons. The van der Waals surface area contributed by atoms with Crippen LogP contribution in [0.2, 0.25) is 0 Å². The zero-order chi connectivity index (χ0) is 23.4. The van der Waals surface area contributed by atoms with Crippen LogP contribution < -0.4 is 9.47 Å². The van der Waals surface area contributed by atoms with Gasteiger partial charge in [-0.25, -0.2) is 4.79 Å². The molecule has 3 nitrogen and oxygen atoms in total. The Morgan fingerprint density at radius 1 is 1.00 bits per heavy atom. The Morgan fingerprint density at radius 3 is 2.21 bits per heavy atom. The van der Waals surface area contributed by atoms with E-state index in [-0.39, 0.29) is 17.2 Å². The second-order valence-corrected chi connectivity index (χ2v) is 10.3. The zero-order valence-electron chi connectivity index (χ0n) is 18.9. The van der Waals surface area contributed by atoms with Crippen molar-refractivity contribution >= 4 is 5.97 Å². The fourth-order valence-corrected chi connectivity index (χ4v) is 6.56. The Bertz CT molecular complexity index is 1010. The summed E-state index contributed by atoms with van der Waals surface area (Å²) in [6, 6.07) is 11.8. The van der Waals surface area contributed by atoms with Crippen LogP contribution in [-0.2, 0) is 6.18 Å². The van der Waals surface area contributed by atoms with E-state index in [0.717, 1.165) is 25.0 Å². The molecule has 3 aliphatic rings. The van der Waals surface area contributed by atoms with Crippen molar-refractivity contribution in [3.05, 3.63) is 59.7 Å². The number of rotatable bonds is 5. The van der Waals surface area contributed by atoms with Crippen LogP contribution in [0.25, 0.3) is 0 Å². The molecule has 5 rings (SSSR count). The fraction of sp³-hybridized carbons (Fsp3) is 0.519. The predicted molar refractivity (Wildman–Crippen MR) is 118 cm³/mol. The SMILES string of the molecule is CC(C)C1(Oc2cc(C(=O)Oc3ccccc3)ccc2C(F)(F)F)CC2C3CCC(C3)C2C1. The van der Waals surface area contributed by atoms with Crippen molar-refractivity contribution in [1.82, 2.24) is 0 Å². The summed E-state index contributed by atoms with van der Waals surface area (Å²) in [6.45, 7) is 4.06. The Morgan fingerprint density at radius 2 is 1.64 bits per heavy atom. The van der Waals surface area contributed by atoms with E-state index in [2.05, 4.69) is 0 Å². The Balaban J connectivity index is 1.46. The minimum atomic E-state index is -4.58. The van der Waals surface area contributed by atoms with Crippen molar-refractivity contribution in [3.63, 3.8) is 0 Å². The van der Waals surface area contributed by atoms with E-state index in [1.54, 1.807) is 30.3 Å². The Labute approximate surface area is 192 Å². The lowest BCUT2D eigenvalue weighted by atomic mass is 9.82. The van der Waals surface area contributed by atoms with Crippen LogP contribution in [0.1, 0.15) is 61.9 Å². The number of carbonyl (C=O) groups is 1. The molecule has 3 aliphatic carbocycles. The fourth-order valence-electron chi connectivity index (χ4n) is 6.56. The van der Waals surface area contributed by atoms with Gasteiger partial charge in [-0.1, -0.05) is 32.0 Å². The average molecular weight is 459 g/mol. The van der Waals surface area contributed by atoms with Crippen molar-refractivity contribution in [3.8, 4) is 11.5 Å². The molecule has 0 spiro atoms. The third-order valence-electron chi connectivity index (χ3n) is 8.28. The smallest absolute Gasteiger partial charge is 0.419 e. The van der Waals surface area contributed by atoms with Crippen molar-refractivity contribution in [1.29, 1.82) is 0 Å². The molecule has 0 radical (unpaired) electrons. The van der Waals surface area contributed by atoms with E-state index in [9.17, 15) is 18.0 Å². The number of esters is 1. The summed E-state index contributed by atoms with van der Waals surface area (Å²) in [7, 11) is 0. The molecule has 6 heteroatoms. The van der Waals surface area contributed by atoms with Gasteiger partial charge in [-0.15, -0.1) is 0 Å². The van der Waals surface area contributed by atoms with Crippen LogP contribution >= 0.6 is 0 Å². The van der Waals surface area contributed by atoms with Gasteiger partial charge in [0.05, 0.1) is 11.1 Å². The van der Waals surface area contributed by atoms with E-state index in [1.165, 1.54) is 25.3 Å². The molecular weight excluding hydrogens is 429 g/mol. The molecule has 33 heavy (non-hydrogen) atoms. The number of carbonyl (C=O) groups excluding carboxylic acids is 1. The molecule has 4 atom stereocenters. The lowest BCUT2D eigenvalue weighted by molar-refractivity contribution is -0.140. The number of para-hydroxylation sites is 1. The minimum absolute atomic E-state index is 0.0408. The van der Waals surface area contributed by atoms with Crippen LogP contribution in [0.5, 0.6) is 11.5 Å². The van der Waals surface area contributed by atoms with Gasteiger partial charge in [0, 0.05) is 0 Å². The molecule has 3 saturated carbocycles. The highest BCUT2D eigenvalue weighted by Crippen LogP contribution is 2.63. The number of fused-ring (bicyclic) bond motifs is 5. The summed E-state index contributed by atoms with van der Waals surface area (Å²) in [5, 5.41) is 0. The van der Waals surface area contributed by atoms with Gasteiger partial charge in [0.15, 0.2) is 0 Å². The first-order chi connectivity index (χ1) is 15.7. The summed E-state index contributed by atoms with van der Waals surface area (Å²) in [6.07, 6.45) is 0.712. The lowest BCUT2D eigenvalue weighted by Gasteiger charge is -2.36. The summed E-state index contributed by atoms with van der Waals surface area (Å²) in [5.41, 5.74) is -1.46. The molecule has 2 bridgehead atoms. The van der Waals surface area contributed by atoms with Crippen LogP contribution in [0.15, 0.2) is 48.5 Å². The highest BCUT2D eigenvalue weighted by atomic mass is 19.4. The molecule has 0 aliphatic heterocycles. The standard InChI is InChI=1S/C27H29F3O3/c1-16(2)26(14-21-17-8-9-18(12-17)22(21)15-26)33-24-13-19(10-11-23(24)27(28,29)30)25(31)32-20-6-4-3-5-7-20/h3-7,10-11,13,16-18,21-22H,8-9,12,14-15H2,1-2H3. The molecule has 0 N–H and O–H groups in total. The van der Waals surface area contributed by atoms with Gasteiger partial charge in [0.25, 0.3) is 0 Å². The largest absolute Gasteiger partial charge is 0.486 e. The van der Waals surface area contributed by atoms with E-state index in [0.29, 0.717) is 29.4 Å². The first-order valence-corrected chi connectivity index (χ1v) is 11.8. The van der Waals surface area contributed by atoms with Crippen molar-refractivity contribution in [2.45, 2.75) is 57.7 Å². The summed E-state index contributed by atoms with van der Waals surface area (Å²) < 4.78 is 53.4. The molecule has 0 amide bonds. The predicted octanol–water partition coefficient (Wildman–Crippen LogP) is 7.15. The normalized spacial score (nSPS) is 30.5. The topological polar surface area (TPSA) is 35.5 Å². The Kier molecular flexibility index (Phi) is 5.45. The average Bonchev–Trinajstić information content (AvgIpc) is 3.46. The third-order valence-corrected chi connectivity index (χ3v) is 8.28. The van der Waals surface area contributed by atoms with E-state index in [4.69, 9.17) is 9.47 Å². The van der Waals surface area contributed by atoms with Gasteiger partial charge in [0.2, 0.25) is 0 Å². The maximum Gasteiger partial charge on any atom is 0.419 e. The summed E-state index contributed by atoms with van der Waals surface area (Å²) in [5.74, 6) is 1.84. The second kappa shape index (κ2) is 8.07. The van der Waals surface area contributed by atoms with Crippen LogP contribution in [0, 0.1) is 29.6 Å².